The van der Waals surface area contributed by atoms with Crippen molar-refractivity contribution in [3.05, 3.63) is 59.7 Å². The zero-order valence-corrected chi connectivity index (χ0v) is 13.4. The highest BCUT2D eigenvalue weighted by atomic mass is 32.2. The summed E-state index contributed by atoms with van der Waals surface area (Å²) in [6.45, 7) is 1.05. The molecule has 2 aromatic rings. The standard InChI is InChI=1S/C17H20N2O2S/c1-19-11-5-8-15-12-16(9-10-17(15)19)18-22(20,21)13-14-6-3-2-4-7-14/h2-4,6-7,9-10,12,18H,5,8,11,13H2,1H3. The topological polar surface area (TPSA) is 49.4 Å². The second-order valence-corrected chi connectivity index (χ2v) is 7.44. The van der Waals surface area contributed by atoms with Gasteiger partial charge in [0.2, 0.25) is 10.0 Å². The summed E-state index contributed by atoms with van der Waals surface area (Å²) in [4.78, 5) is 2.21. The average Bonchev–Trinajstić information content (AvgIpc) is 2.47. The fourth-order valence-corrected chi connectivity index (χ4v) is 4.05. The molecule has 2 aromatic carbocycles. The molecule has 0 spiro atoms. The number of benzene rings is 2. The molecule has 0 aromatic heterocycles. The molecule has 0 radical (unpaired) electrons. The van der Waals surface area contributed by atoms with Gasteiger partial charge in [0.1, 0.15) is 0 Å². The van der Waals surface area contributed by atoms with Crippen LogP contribution >= 0.6 is 0 Å². The zero-order chi connectivity index (χ0) is 15.6. The third kappa shape index (κ3) is 3.42. The lowest BCUT2D eigenvalue weighted by molar-refractivity contribution is 0.600. The lowest BCUT2D eigenvalue weighted by Gasteiger charge is -2.27. The van der Waals surface area contributed by atoms with Crippen molar-refractivity contribution in [1.29, 1.82) is 0 Å². The van der Waals surface area contributed by atoms with Gasteiger partial charge in [0, 0.05) is 25.0 Å². The smallest absolute Gasteiger partial charge is 0.236 e. The summed E-state index contributed by atoms with van der Waals surface area (Å²) in [5.74, 6) is -0.00910. The molecule has 4 nitrogen and oxygen atoms in total. The molecule has 0 unspecified atom stereocenters. The predicted molar refractivity (Wildman–Crippen MR) is 90.7 cm³/mol. The molecule has 0 aliphatic carbocycles. The van der Waals surface area contributed by atoms with Gasteiger partial charge in [0.25, 0.3) is 0 Å². The number of nitrogens with one attached hydrogen (secondary N) is 1. The van der Waals surface area contributed by atoms with Gasteiger partial charge in [-0.2, -0.15) is 0 Å². The van der Waals surface area contributed by atoms with Crippen LogP contribution in [-0.4, -0.2) is 22.0 Å². The van der Waals surface area contributed by atoms with E-state index in [1.54, 1.807) is 0 Å². The van der Waals surface area contributed by atoms with E-state index in [2.05, 4.69) is 16.7 Å². The summed E-state index contributed by atoms with van der Waals surface area (Å²) in [7, 11) is -1.32. The predicted octanol–water partition coefficient (Wildman–Crippen LogP) is 3.01. The molecule has 1 aliphatic heterocycles. The van der Waals surface area contributed by atoms with Gasteiger partial charge in [-0.15, -0.1) is 0 Å². The van der Waals surface area contributed by atoms with Crippen LogP contribution in [0.5, 0.6) is 0 Å². The normalized spacial score (nSPS) is 14.5. The van der Waals surface area contributed by atoms with Crippen molar-refractivity contribution in [2.75, 3.05) is 23.2 Å². The van der Waals surface area contributed by atoms with E-state index in [1.807, 2.05) is 48.5 Å². The summed E-state index contributed by atoms with van der Waals surface area (Å²) >= 11 is 0. The minimum absolute atomic E-state index is 0.00910. The molecule has 1 N–H and O–H groups in total. The summed E-state index contributed by atoms with van der Waals surface area (Å²) in [5.41, 5.74) is 3.82. The van der Waals surface area contributed by atoms with Crippen molar-refractivity contribution in [1.82, 2.24) is 0 Å². The largest absolute Gasteiger partial charge is 0.374 e. The first-order valence-electron chi connectivity index (χ1n) is 7.42. The molecule has 0 atom stereocenters. The number of nitrogens with zero attached hydrogens (tertiary/aromatic N) is 1. The molecule has 1 aliphatic rings. The molecule has 1 heterocycles. The summed E-state index contributed by atoms with van der Waals surface area (Å²) in [6, 6.07) is 15.0. The van der Waals surface area contributed by atoms with Crippen LogP contribution in [0, 0.1) is 0 Å². The molecule has 0 fully saturated rings. The molecule has 0 amide bonds. The minimum Gasteiger partial charge on any atom is -0.374 e. The Morgan fingerprint density at radius 2 is 1.91 bits per heavy atom. The first-order valence-corrected chi connectivity index (χ1v) is 9.07. The fraction of sp³-hybridized carbons (Fsp3) is 0.294. The zero-order valence-electron chi connectivity index (χ0n) is 12.6. The highest BCUT2D eigenvalue weighted by molar-refractivity contribution is 7.91. The number of aryl methyl sites for hydroxylation is 1. The van der Waals surface area contributed by atoms with E-state index in [9.17, 15) is 8.42 Å². The van der Waals surface area contributed by atoms with E-state index in [1.165, 1.54) is 11.3 Å². The molecular weight excluding hydrogens is 296 g/mol. The highest BCUT2D eigenvalue weighted by Crippen LogP contribution is 2.29. The number of anilines is 2. The van der Waals surface area contributed by atoms with Gasteiger partial charge in [-0.25, -0.2) is 8.42 Å². The van der Waals surface area contributed by atoms with Gasteiger partial charge >= 0.3 is 0 Å². The average molecular weight is 316 g/mol. The molecule has 0 bridgehead atoms. The number of sulfonamides is 1. The van der Waals surface area contributed by atoms with E-state index in [0.29, 0.717) is 5.69 Å². The van der Waals surface area contributed by atoms with E-state index in [0.717, 1.165) is 24.9 Å². The summed E-state index contributed by atoms with van der Waals surface area (Å²) < 4.78 is 27.2. The van der Waals surface area contributed by atoms with Crippen LogP contribution in [0.1, 0.15) is 17.5 Å². The number of hydrogen-bond acceptors (Lipinski definition) is 3. The summed E-state index contributed by atoms with van der Waals surface area (Å²) in [5, 5.41) is 0. The van der Waals surface area contributed by atoms with E-state index in [-0.39, 0.29) is 5.75 Å². The Hall–Kier alpha value is -2.01. The Balaban J connectivity index is 1.78. The van der Waals surface area contributed by atoms with Crippen LogP contribution in [0.2, 0.25) is 0 Å². The van der Waals surface area contributed by atoms with Crippen molar-refractivity contribution >= 4 is 21.4 Å². The maximum Gasteiger partial charge on any atom is 0.236 e. The Kier molecular flexibility index (Phi) is 4.07. The molecule has 3 rings (SSSR count). The van der Waals surface area contributed by atoms with Gasteiger partial charge in [0.15, 0.2) is 0 Å². The lowest BCUT2D eigenvalue weighted by Crippen LogP contribution is -2.24. The molecule has 22 heavy (non-hydrogen) atoms. The van der Waals surface area contributed by atoms with Crippen molar-refractivity contribution in [2.45, 2.75) is 18.6 Å². The Morgan fingerprint density at radius 1 is 1.14 bits per heavy atom. The first-order chi connectivity index (χ1) is 10.5. The first kappa shape index (κ1) is 14.9. The molecule has 0 saturated carbocycles. The van der Waals surface area contributed by atoms with Crippen LogP contribution in [-0.2, 0) is 22.2 Å². The maximum atomic E-state index is 12.3. The monoisotopic (exact) mass is 316 g/mol. The number of fused-ring (bicyclic) bond motifs is 1. The second-order valence-electron chi connectivity index (χ2n) is 5.72. The van der Waals surface area contributed by atoms with E-state index >= 15 is 0 Å². The Labute approximate surface area is 131 Å². The van der Waals surface area contributed by atoms with Gasteiger partial charge in [-0.3, -0.25) is 4.72 Å². The molecule has 0 saturated heterocycles. The summed E-state index contributed by atoms with van der Waals surface area (Å²) in [6.07, 6.45) is 2.09. The van der Waals surface area contributed by atoms with E-state index < -0.39 is 10.0 Å². The van der Waals surface area contributed by atoms with Gasteiger partial charge in [0.05, 0.1) is 5.75 Å². The van der Waals surface area contributed by atoms with Crippen molar-refractivity contribution in [3.8, 4) is 0 Å². The molecule has 116 valence electrons. The number of hydrogen-bond donors (Lipinski definition) is 1. The second kappa shape index (κ2) is 6.01. The molecular formula is C17H20N2O2S. The van der Waals surface area contributed by atoms with Crippen LogP contribution in [0.4, 0.5) is 11.4 Å². The minimum atomic E-state index is -3.39. The van der Waals surface area contributed by atoms with Crippen LogP contribution < -0.4 is 9.62 Å². The van der Waals surface area contributed by atoms with Gasteiger partial charge < -0.3 is 4.90 Å². The highest BCUT2D eigenvalue weighted by Gasteiger charge is 2.16. The molecule has 5 heteroatoms. The van der Waals surface area contributed by atoms with Crippen molar-refractivity contribution < 1.29 is 8.42 Å². The van der Waals surface area contributed by atoms with Crippen LogP contribution in [0.15, 0.2) is 48.5 Å². The van der Waals surface area contributed by atoms with Gasteiger partial charge in [-0.05, 0) is 42.2 Å². The van der Waals surface area contributed by atoms with Crippen LogP contribution in [0.3, 0.4) is 0 Å². The lowest BCUT2D eigenvalue weighted by atomic mass is 10.0. The fourth-order valence-electron chi connectivity index (χ4n) is 2.86. The number of rotatable bonds is 4. The van der Waals surface area contributed by atoms with Gasteiger partial charge in [-0.1, -0.05) is 30.3 Å². The Bertz CT molecular complexity index is 757. The van der Waals surface area contributed by atoms with Crippen LogP contribution in [0.25, 0.3) is 0 Å². The van der Waals surface area contributed by atoms with Crippen molar-refractivity contribution in [2.24, 2.45) is 0 Å². The maximum absolute atomic E-state index is 12.3. The third-order valence-electron chi connectivity index (χ3n) is 3.90. The SMILES string of the molecule is CN1CCCc2cc(NS(=O)(=O)Cc3ccccc3)ccc21. The Morgan fingerprint density at radius 3 is 2.68 bits per heavy atom. The third-order valence-corrected chi connectivity index (χ3v) is 5.16. The quantitative estimate of drug-likeness (QED) is 0.943. The van der Waals surface area contributed by atoms with Crippen molar-refractivity contribution in [3.63, 3.8) is 0 Å². The van der Waals surface area contributed by atoms with E-state index in [4.69, 9.17) is 0 Å².